The molecule has 2 aromatic rings. The van der Waals surface area contributed by atoms with Crippen molar-refractivity contribution in [3.05, 3.63) is 36.4 Å². The van der Waals surface area contributed by atoms with Gasteiger partial charge in [0.2, 0.25) is 0 Å². The lowest BCUT2D eigenvalue weighted by molar-refractivity contribution is 0.281. The highest BCUT2D eigenvalue weighted by Crippen LogP contribution is 2.34. The number of nitrogens with two attached hydrogens (primary N) is 3. The van der Waals surface area contributed by atoms with Crippen LogP contribution in [0.2, 0.25) is 0 Å². The molecule has 22 heavy (non-hydrogen) atoms. The summed E-state index contributed by atoms with van der Waals surface area (Å²) in [7, 11) is 0. The predicted molar refractivity (Wildman–Crippen MR) is 91.5 cm³/mol. The van der Waals surface area contributed by atoms with Crippen molar-refractivity contribution in [1.82, 2.24) is 0 Å². The Labute approximate surface area is 129 Å². The van der Waals surface area contributed by atoms with Crippen LogP contribution in [0.5, 0.6) is 0 Å². The number of hydrogen-bond acceptors (Lipinski definition) is 6. The molecule has 0 fully saturated rings. The van der Waals surface area contributed by atoms with Crippen LogP contribution in [0, 0.1) is 0 Å². The highest BCUT2D eigenvalue weighted by molar-refractivity contribution is 5.84. The maximum atomic E-state index is 9.24. The van der Waals surface area contributed by atoms with Crippen molar-refractivity contribution in [3.63, 3.8) is 0 Å². The van der Waals surface area contributed by atoms with Crippen molar-refractivity contribution in [2.24, 2.45) is 0 Å². The second kappa shape index (κ2) is 7.02. The smallest absolute Gasteiger partial charge is 0.0606 e. The summed E-state index contributed by atoms with van der Waals surface area (Å²) in [6.45, 7) is 0.802. The SMILES string of the molecule is Nc1cc(N)cc(-c2cc(N)ccc2N(CCO)CCO)c1. The minimum absolute atomic E-state index is 0.0110. The first kappa shape index (κ1) is 15.9. The zero-order chi connectivity index (χ0) is 16.1. The van der Waals surface area contributed by atoms with E-state index >= 15 is 0 Å². The third kappa shape index (κ3) is 3.60. The van der Waals surface area contributed by atoms with Gasteiger partial charge in [-0.05, 0) is 42.0 Å². The van der Waals surface area contributed by atoms with E-state index in [0.717, 1.165) is 16.8 Å². The average molecular weight is 302 g/mol. The number of hydrogen-bond donors (Lipinski definition) is 5. The molecule has 0 aliphatic heterocycles. The van der Waals surface area contributed by atoms with E-state index in [0.29, 0.717) is 30.2 Å². The monoisotopic (exact) mass is 302 g/mol. The number of nitrogens with zero attached hydrogens (tertiary/aromatic N) is 1. The van der Waals surface area contributed by atoms with Crippen LogP contribution in [0.1, 0.15) is 0 Å². The van der Waals surface area contributed by atoms with Crippen molar-refractivity contribution >= 4 is 22.7 Å². The first-order valence-electron chi connectivity index (χ1n) is 7.07. The lowest BCUT2D eigenvalue weighted by Gasteiger charge is -2.26. The molecule has 0 spiro atoms. The van der Waals surface area contributed by atoms with Gasteiger partial charge in [0, 0.05) is 41.4 Å². The van der Waals surface area contributed by atoms with Crippen LogP contribution < -0.4 is 22.1 Å². The fourth-order valence-corrected chi connectivity index (χ4v) is 2.49. The highest BCUT2D eigenvalue weighted by Gasteiger charge is 2.13. The van der Waals surface area contributed by atoms with Gasteiger partial charge in [-0.1, -0.05) is 0 Å². The molecule has 2 rings (SSSR count). The van der Waals surface area contributed by atoms with Crippen molar-refractivity contribution < 1.29 is 10.2 Å². The van der Waals surface area contributed by atoms with Crippen LogP contribution in [-0.4, -0.2) is 36.5 Å². The van der Waals surface area contributed by atoms with Gasteiger partial charge in [0.25, 0.3) is 0 Å². The molecule has 6 heteroatoms. The molecular weight excluding hydrogens is 280 g/mol. The van der Waals surface area contributed by atoms with E-state index in [1.807, 2.05) is 29.2 Å². The molecule has 118 valence electrons. The molecule has 6 nitrogen and oxygen atoms in total. The highest BCUT2D eigenvalue weighted by atomic mass is 16.3. The molecule has 0 bridgehead atoms. The fraction of sp³-hybridized carbons (Fsp3) is 0.250. The second-order valence-electron chi connectivity index (χ2n) is 5.10. The molecular formula is C16H22N4O2. The normalized spacial score (nSPS) is 10.6. The van der Waals surface area contributed by atoms with Crippen molar-refractivity contribution in [1.29, 1.82) is 0 Å². The van der Waals surface area contributed by atoms with E-state index in [-0.39, 0.29) is 13.2 Å². The third-order valence-electron chi connectivity index (χ3n) is 3.39. The molecule has 8 N–H and O–H groups in total. The Hall–Kier alpha value is -2.44. The Morgan fingerprint density at radius 1 is 0.773 bits per heavy atom. The van der Waals surface area contributed by atoms with Crippen LogP contribution in [0.3, 0.4) is 0 Å². The number of rotatable bonds is 6. The summed E-state index contributed by atoms with van der Waals surface area (Å²) in [4.78, 5) is 1.90. The summed E-state index contributed by atoms with van der Waals surface area (Å²) in [6.07, 6.45) is 0. The van der Waals surface area contributed by atoms with Crippen molar-refractivity contribution in [2.75, 3.05) is 48.4 Å². The van der Waals surface area contributed by atoms with E-state index < -0.39 is 0 Å². The Morgan fingerprint density at radius 2 is 1.36 bits per heavy atom. The van der Waals surface area contributed by atoms with Crippen molar-refractivity contribution in [2.45, 2.75) is 0 Å². The van der Waals surface area contributed by atoms with Crippen LogP contribution in [0.4, 0.5) is 22.7 Å². The average Bonchev–Trinajstić information content (AvgIpc) is 2.46. The van der Waals surface area contributed by atoms with Gasteiger partial charge in [0.15, 0.2) is 0 Å². The molecule has 0 saturated carbocycles. The quantitative estimate of drug-likeness (QED) is 0.505. The van der Waals surface area contributed by atoms with Crippen LogP contribution in [-0.2, 0) is 0 Å². The van der Waals surface area contributed by atoms with Gasteiger partial charge in [0.1, 0.15) is 0 Å². The molecule has 0 aromatic heterocycles. The minimum Gasteiger partial charge on any atom is -0.399 e. The van der Waals surface area contributed by atoms with E-state index in [1.165, 1.54) is 0 Å². The number of nitrogen functional groups attached to an aromatic ring is 3. The Bertz CT molecular complexity index is 620. The standard InChI is InChI=1S/C16H22N4O2/c17-12-1-2-16(20(3-5-21)4-6-22)15(10-12)11-7-13(18)9-14(19)8-11/h1-2,7-10,21-22H,3-6,17-19H2. The van der Waals surface area contributed by atoms with Crippen molar-refractivity contribution in [3.8, 4) is 11.1 Å². The third-order valence-corrected chi connectivity index (χ3v) is 3.39. The number of aliphatic hydroxyl groups is 2. The summed E-state index contributed by atoms with van der Waals surface area (Å²) in [5.74, 6) is 0. The second-order valence-corrected chi connectivity index (χ2v) is 5.10. The number of aliphatic hydroxyl groups excluding tert-OH is 2. The maximum absolute atomic E-state index is 9.24. The van der Waals surface area contributed by atoms with Gasteiger partial charge < -0.3 is 32.3 Å². The molecule has 0 amide bonds. The van der Waals surface area contributed by atoms with Crippen LogP contribution in [0.25, 0.3) is 11.1 Å². The first-order chi connectivity index (χ1) is 10.5. The summed E-state index contributed by atoms with van der Waals surface area (Å²) >= 11 is 0. The van der Waals surface area contributed by atoms with E-state index in [9.17, 15) is 10.2 Å². The van der Waals surface area contributed by atoms with Gasteiger partial charge in [-0.25, -0.2) is 0 Å². The van der Waals surface area contributed by atoms with Gasteiger partial charge in [-0.15, -0.1) is 0 Å². The van der Waals surface area contributed by atoms with Crippen LogP contribution >= 0.6 is 0 Å². The summed E-state index contributed by atoms with van der Waals surface area (Å²) in [5, 5.41) is 18.5. The van der Waals surface area contributed by atoms with E-state index in [1.54, 1.807) is 12.1 Å². The zero-order valence-electron chi connectivity index (χ0n) is 12.4. The zero-order valence-corrected chi connectivity index (χ0v) is 12.4. The number of anilines is 4. The Kier molecular flexibility index (Phi) is 5.08. The lowest BCUT2D eigenvalue weighted by atomic mass is 10.0. The Morgan fingerprint density at radius 3 is 1.91 bits per heavy atom. The predicted octanol–water partition coefficient (Wildman–Crippen LogP) is 0.891. The Balaban J connectivity index is 2.55. The molecule has 0 saturated heterocycles. The lowest BCUT2D eigenvalue weighted by Crippen LogP contribution is -2.30. The summed E-state index contributed by atoms with van der Waals surface area (Å²) in [5.41, 5.74) is 22.0. The maximum Gasteiger partial charge on any atom is 0.0606 e. The fourth-order valence-electron chi connectivity index (χ4n) is 2.49. The topological polar surface area (TPSA) is 122 Å². The molecule has 2 aromatic carbocycles. The summed E-state index contributed by atoms with van der Waals surface area (Å²) < 4.78 is 0. The van der Waals surface area contributed by atoms with Gasteiger partial charge >= 0.3 is 0 Å². The van der Waals surface area contributed by atoms with Gasteiger partial charge in [0.05, 0.1) is 13.2 Å². The molecule has 0 aliphatic rings. The molecule has 0 radical (unpaired) electrons. The van der Waals surface area contributed by atoms with E-state index in [2.05, 4.69) is 0 Å². The first-order valence-corrected chi connectivity index (χ1v) is 7.07. The van der Waals surface area contributed by atoms with E-state index in [4.69, 9.17) is 17.2 Å². The molecule has 0 unspecified atom stereocenters. The minimum atomic E-state index is -0.0110. The molecule has 0 atom stereocenters. The van der Waals surface area contributed by atoms with Gasteiger partial charge in [-0.2, -0.15) is 0 Å². The van der Waals surface area contributed by atoms with Crippen LogP contribution in [0.15, 0.2) is 36.4 Å². The molecule has 0 aliphatic carbocycles. The van der Waals surface area contributed by atoms with Gasteiger partial charge in [-0.3, -0.25) is 0 Å². The summed E-state index contributed by atoms with van der Waals surface area (Å²) in [6, 6.07) is 10.8. The number of benzene rings is 2. The largest absolute Gasteiger partial charge is 0.399 e. The molecule has 0 heterocycles.